The zero-order valence-electron chi connectivity index (χ0n) is 14.1. The minimum Gasteiger partial charge on any atom is -0.393 e. The van der Waals surface area contributed by atoms with Crippen LogP contribution in [0.1, 0.15) is 39.0 Å². The summed E-state index contributed by atoms with van der Waals surface area (Å²) in [5, 5.41) is 19.8. The van der Waals surface area contributed by atoms with Gasteiger partial charge in [0.1, 0.15) is 0 Å². The Hall–Kier alpha value is -1.75. The lowest BCUT2D eigenvalue weighted by molar-refractivity contribution is 0.120. The van der Waals surface area contributed by atoms with Gasteiger partial charge in [0.2, 0.25) is 0 Å². The van der Waals surface area contributed by atoms with Crippen molar-refractivity contribution in [3.8, 4) is 0 Å². The third kappa shape index (κ3) is 6.91. The number of rotatable bonds is 7. The first kappa shape index (κ1) is 17.6. The molecule has 1 aliphatic carbocycles. The van der Waals surface area contributed by atoms with Crippen molar-refractivity contribution in [2.45, 2.75) is 51.2 Å². The Labute approximate surface area is 139 Å². The Kier molecular flexibility index (Phi) is 7.73. The summed E-state index contributed by atoms with van der Waals surface area (Å²) in [4.78, 5) is 4.65. The molecular weight excluding hydrogens is 288 g/mol. The third-order valence-electron chi connectivity index (χ3n) is 4.09. The van der Waals surface area contributed by atoms with Crippen molar-refractivity contribution in [3.05, 3.63) is 30.3 Å². The molecule has 0 bridgehead atoms. The SMILES string of the molecule is CCNC(=NCCCNc1ccccc1)NC1CCC(O)CC1. The van der Waals surface area contributed by atoms with Crippen LogP contribution in [0.5, 0.6) is 0 Å². The normalized spacial score (nSPS) is 21.7. The first-order valence-corrected chi connectivity index (χ1v) is 8.79. The number of aliphatic hydroxyl groups excluding tert-OH is 1. The van der Waals surface area contributed by atoms with Gasteiger partial charge in [-0.25, -0.2) is 0 Å². The molecule has 1 saturated carbocycles. The Balaban J connectivity index is 1.68. The molecule has 0 spiro atoms. The molecule has 4 N–H and O–H groups in total. The second kappa shape index (κ2) is 10.1. The van der Waals surface area contributed by atoms with Crippen LogP contribution in [-0.4, -0.2) is 42.8 Å². The average Bonchev–Trinajstić information content (AvgIpc) is 2.57. The van der Waals surface area contributed by atoms with Gasteiger partial charge < -0.3 is 21.1 Å². The summed E-state index contributed by atoms with van der Waals surface area (Å²) in [6, 6.07) is 10.7. The van der Waals surface area contributed by atoms with E-state index in [-0.39, 0.29) is 6.10 Å². The fourth-order valence-corrected chi connectivity index (χ4v) is 2.79. The summed E-state index contributed by atoms with van der Waals surface area (Å²) in [5.41, 5.74) is 1.15. The van der Waals surface area contributed by atoms with E-state index in [1.165, 1.54) is 0 Å². The van der Waals surface area contributed by atoms with Gasteiger partial charge in [0.05, 0.1) is 6.10 Å². The third-order valence-corrected chi connectivity index (χ3v) is 4.09. The summed E-state index contributed by atoms with van der Waals surface area (Å²) in [5.74, 6) is 0.897. The van der Waals surface area contributed by atoms with Crippen molar-refractivity contribution in [1.29, 1.82) is 0 Å². The molecule has 23 heavy (non-hydrogen) atoms. The van der Waals surface area contributed by atoms with Crippen LogP contribution in [-0.2, 0) is 0 Å². The Morgan fingerprint density at radius 1 is 1.17 bits per heavy atom. The highest BCUT2D eigenvalue weighted by Crippen LogP contribution is 2.18. The number of anilines is 1. The maximum Gasteiger partial charge on any atom is 0.191 e. The number of para-hydroxylation sites is 1. The minimum atomic E-state index is -0.114. The predicted molar refractivity (Wildman–Crippen MR) is 96.9 cm³/mol. The molecule has 1 aromatic carbocycles. The van der Waals surface area contributed by atoms with Gasteiger partial charge in [-0.05, 0) is 51.2 Å². The van der Waals surface area contributed by atoms with E-state index < -0.39 is 0 Å². The van der Waals surface area contributed by atoms with E-state index >= 15 is 0 Å². The molecule has 0 aliphatic heterocycles. The van der Waals surface area contributed by atoms with Crippen molar-refractivity contribution in [2.75, 3.05) is 25.0 Å². The lowest BCUT2D eigenvalue weighted by atomic mass is 9.93. The zero-order chi connectivity index (χ0) is 16.3. The van der Waals surface area contributed by atoms with Gasteiger partial charge >= 0.3 is 0 Å². The highest BCUT2D eigenvalue weighted by Gasteiger charge is 2.19. The van der Waals surface area contributed by atoms with Gasteiger partial charge in [0.25, 0.3) is 0 Å². The van der Waals surface area contributed by atoms with E-state index in [9.17, 15) is 5.11 Å². The number of aliphatic hydroxyl groups is 1. The largest absolute Gasteiger partial charge is 0.393 e. The highest BCUT2D eigenvalue weighted by molar-refractivity contribution is 5.80. The summed E-state index contributed by atoms with van der Waals surface area (Å²) < 4.78 is 0. The number of nitrogens with one attached hydrogen (secondary N) is 3. The van der Waals surface area contributed by atoms with Crippen molar-refractivity contribution in [2.24, 2.45) is 4.99 Å². The second-order valence-corrected chi connectivity index (χ2v) is 6.06. The number of hydrogen-bond donors (Lipinski definition) is 4. The topological polar surface area (TPSA) is 68.7 Å². The Bertz CT molecular complexity index is 455. The second-order valence-electron chi connectivity index (χ2n) is 6.06. The predicted octanol–water partition coefficient (Wildman–Crippen LogP) is 2.35. The van der Waals surface area contributed by atoms with Crippen LogP contribution < -0.4 is 16.0 Å². The molecule has 1 aromatic rings. The van der Waals surface area contributed by atoms with Crippen LogP contribution in [0.15, 0.2) is 35.3 Å². The summed E-state index contributed by atoms with van der Waals surface area (Å²) in [6.07, 6.45) is 4.68. The molecule has 0 heterocycles. The van der Waals surface area contributed by atoms with E-state index in [4.69, 9.17) is 0 Å². The molecule has 0 atom stereocenters. The first-order chi connectivity index (χ1) is 11.3. The first-order valence-electron chi connectivity index (χ1n) is 8.79. The van der Waals surface area contributed by atoms with E-state index in [0.29, 0.717) is 6.04 Å². The molecule has 5 heteroatoms. The van der Waals surface area contributed by atoms with Gasteiger partial charge in [-0.2, -0.15) is 0 Å². The highest BCUT2D eigenvalue weighted by atomic mass is 16.3. The summed E-state index contributed by atoms with van der Waals surface area (Å²) >= 11 is 0. The molecule has 0 amide bonds. The molecule has 5 nitrogen and oxygen atoms in total. The fourth-order valence-electron chi connectivity index (χ4n) is 2.79. The number of hydrogen-bond acceptors (Lipinski definition) is 3. The molecule has 0 radical (unpaired) electrons. The molecular formula is C18H30N4O. The Morgan fingerprint density at radius 3 is 2.61 bits per heavy atom. The average molecular weight is 318 g/mol. The van der Waals surface area contributed by atoms with Crippen LogP contribution in [0.2, 0.25) is 0 Å². The van der Waals surface area contributed by atoms with Gasteiger partial charge in [-0.1, -0.05) is 18.2 Å². The van der Waals surface area contributed by atoms with Gasteiger partial charge in [0, 0.05) is 31.4 Å². The van der Waals surface area contributed by atoms with Gasteiger partial charge in [0.15, 0.2) is 5.96 Å². The van der Waals surface area contributed by atoms with E-state index in [1.54, 1.807) is 0 Å². The standard InChI is InChI=1S/C18H30N4O/c1-2-19-18(22-16-9-11-17(23)12-10-16)21-14-6-13-20-15-7-4-3-5-8-15/h3-5,7-8,16-17,20,23H,2,6,9-14H2,1H3,(H2,19,21,22). The van der Waals surface area contributed by atoms with Crippen molar-refractivity contribution in [3.63, 3.8) is 0 Å². The van der Waals surface area contributed by atoms with E-state index in [0.717, 1.165) is 63.4 Å². The smallest absolute Gasteiger partial charge is 0.191 e. The molecule has 2 rings (SSSR count). The van der Waals surface area contributed by atoms with E-state index in [2.05, 4.69) is 40.0 Å². The van der Waals surface area contributed by atoms with Gasteiger partial charge in [-0.3, -0.25) is 4.99 Å². The molecule has 128 valence electrons. The monoisotopic (exact) mass is 318 g/mol. The van der Waals surface area contributed by atoms with E-state index in [1.807, 2.05) is 18.2 Å². The molecule has 1 fully saturated rings. The molecule has 1 aliphatic rings. The number of aliphatic imine (C=N–C) groups is 1. The minimum absolute atomic E-state index is 0.114. The maximum atomic E-state index is 9.58. The summed E-state index contributed by atoms with van der Waals surface area (Å²) in [6.45, 7) is 4.66. The molecule has 0 unspecified atom stereocenters. The Morgan fingerprint density at radius 2 is 1.91 bits per heavy atom. The van der Waals surface area contributed by atoms with Crippen molar-refractivity contribution >= 4 is 11.6 Å². The van der Waals surface area contributed by atoms with Crippen LogP contribution in [0.3, 0.4) is 0 Å². The summed E-state index contributed by atoms with van der Waals surface area (Å²) in [7, 11) is 0. The van der Waals surface area contributed by atoms with Crippen LogP contribution >= 0.6 is 0 Å². The number of guanidine groups is 1. The fraction of sp³-hybridized carbons (Fsp3) is 0.611. The van der Waals surface area contributed by atoms with Gasteiger partial charge in [-0.15, -0.1) is 0 Å². The van der Waals surface area contributed by atoms with Crippen LogP contribution in [0, 0.1) is 0 Å². The van der Waals surface area contributed by atoms with Crippen molar-refractivity contribution < 1.29 is 5.11 Å². The quantitative estimate of drug-likeness (QED) is 0.354. The zero-order valence-corrected chi connectivity index (χ0v) is 14.1. The number of nitrogens with zero attached hydrogens (tertiary/aromatic N) is 1. The lowest BCUT2D eigenvalue weighted by Gasteiger charge is -2.27. The number of benzene rings is 1. The molecule has 0 saturated heterocycles. The van der Waals surface area contributed by atoms with Crippen molar-refractivity contribution in [1.82, 2.24) is 10.6 Å². The maximum absolute atomic E-state index is 9.58. The van der Waals surface area contributed by atoms with Crippen LogP contribution in [0.25, 0.3) is 0 Å². The molecule has 0 aromatic heterocycles. The lowest BCUT2D eigenvalue weighted by Crippen LogP contribution is -2.45. The van der Waals surface area contributed by atoms with Crippen LogP contribution in [0.4, 0.5) is 5.69 Å².